The van der Waals surface area contributed by atoms with Crippen LogP contribution in [0, 0.1) is 0 Å². The number of ether oxygens (including phenoxy) is 3. The first-order valence-corrected chi connectivity index (χ1v) is 10.6. The Bertz CT molecular complexity index is 1310. The molecule has 1 heterocycles. The van der Waals surface area contributed by atoms with Crippen LogP contribution in [0.4, 0.5) is 15.6 Å². The lowest BCUT2D eigenvalue weighted by molar-refractivity contribution is 0.262. The van der Waals surface area contributed by atoms with Gasteiger partial charge in [0, 0.05) is 17.5 Å². The third kappa shape index (κ3) is 3.29. The van der Waals surface area contributed by atoms with Gasteiger partial charge < -0.3 is 19.5 Å². The molecule has 31 heavy (non-hydrogen) atoms. The maximum absolute atomic E-state index is 12.6. The van der Waals surface area contributed by atoms with Gasteiger partial charge in [0.15, 0.2) is 16.6 Å². The minimum atomic E-state index is -0.398. The van der Waals surface area contributed by atoms with Crippen LogP contribution >= 0.6 is 11.3 Å². The molecule has 0 fully saturated rings. The number of aromatic nitrogens is 1. The topological polar surface area (TPSA) is 81.7 Å². The highest BCUT2D eigenvalue weighted by Crippen LogP contribution is 2.41. The molecular formula is C23H21N3O4S. The van der Waals surface area contributed by atoms with Crippen LogP contribution in [0.25, 0.3) is 21.0 Å². The maximum Gasteiger partial charge on any atom is 0.325 e. The van der Waals surface area contributed by atoms with E-state index in [1.165, 1.54) is 49.2 Å². The number of nitrogens with zero attached hydrogens (tertiary/aromatic N) is 1. The van der Waals surface area contributed by atoms with E-state index in [0.29, 0.717) is 28.1 Å². The first-order valence-electron chi connectivity index (χ1n) is 9.83. The van der Waals surface area contributed by atoms with Gasteiger partial charge >= 0.3 is 6.03 Å². The Morgan fingerprint density at radius 3 is 2.42 bits per heavy atom. The molecule has 3 aromatic carbocycles. The summed E-state index contributed by atoms with van der Waals surface area (Å²) in [5.41, 5.74) is 4.17. The van der Waals surface area contributed by atoms with Crippen molar-refractivity contribution in [2.45, 2.75) is 12.8 Å². The van der Waals surface area contributed by atoms with Crippen molar-refractivity contribution in [3.05, 3.63) is 47.5 Å². The van der Waals surface area contributed by atoms with E-state index < -0.39 is 6.03 Å². The fourth-order valence-corrected chi connectivity index (χ4v) is 5.11. The fraction of sp³-hybridized carbons (Fsp3) is 0.217. The SMILES string of the molecule is COc1cc(NC(=O)Nc2nc3c(cc4c5c(cccc53)CC4)s2)cc(OC)c1OC. The lowest BCUT2D eigenvalue weighted by Gasteiger charge is -2.14. The number of benzene rings is 3. The summed E-state index contributed by atoms with van der Waals surface area (Å²) in [6, 6.07) is 11.5. The lowest BCUT2D eigenvalue weighted by Crippen LogP contribution is -2.19. The number of hydrogen-bond donors (Lipinski definition) is 2. The molecule has 8 heteroatoms. The van der Waals surface area contributed by atoms with E-state index in [9.17, 15) is 4.79 Å². The predicted molar refractivity (Wildman–Crippen MR) is 123 cm³/mol. The molecule has 1 aromatic heterocycles. The zero-order chi connectivity index (χ0) is 21.5. The minimum Gasteiger partial charge on any atom is -0.493 e. The number of nitrogens with one attached hydrogen (secondary N) is 2. The monoisotopic (exact) mass is 435 g/mol. The quantitative estimate of drug-likeness (QED) is 0.449. The van der Waals surface area contributed by atoms with Crippen LogP contribution in [-0.4, -0.2) is 32.3 Å². The van der Waals surface area contributed by atoms with Crippen molar-refractivity contribution >= 4 is 49.2 Å². The number of fused-ring (bicyclic) bond motifs is 2. The summed E-state index contributed by atoms with van der Waals surface area (Å²) in [4.78, 5) is 17.3. The number of carbonyl (C=O) groups excluding carboxylic acids is 1. The number of rotatable bonds is 5. The Labute approximate surface area is 182 Å². The molecule has 2 amide bonds. The van der Waals surface area contributed by atoms with Crippen molar-refractivity contribution < 1.29 is 19.0 Å². The first-order chi connectivity index (χ1) is 15.1. The second kappa shape index (κ2) is 7.63. The van der Waals surface area contributed by atoms with Gasteiger partial charge in [-0.2, -0.15) is 0 Å². The van der Waals surface area contributed by atoms with Crippen LogP contribution in [0.2, 0.25) is 0 Å². The van der Waals surface area contributed by atoms with Crippen LogP contribution in [0.3, 0.4) is 0 Å². The van der Waals surface area contributed by atoms with Gasteiger partial charge in [0.05, 0.1) is 37.2 Å². The fourth-order valence-electron chi connectivity index (χ4n) is 4.17. The molecule has 158 valence electrons. The number of thiazole rings is 1. The number of aryl methyl sites for hydroxylation is 2. The molecule has 0 saturated heterocycles. The van der Waals surface area contributed by atoms with Crippen molar-refractivity contribution in [2.24, 2.45) is 0 Å². The number of carbonyl (C=O) groups is 1. The second-order valence-electron chi connectivity index (χ2n) is 7.23. The Morgan fingerprint density at radius 2 is 1.71 bits per heavy atom. The Hall–Kier alpha value is -3.52. The predicted octanol–water partition coefficient (Wildman–Crippen LogP) is 5.22. The van der Waals surface area contributed by atoms with Crippen LogP contribution in [0.1, 0.15) is 11.1 Å². The van der Waals surface area contributed by atoms with E-state index in [0.717, 1.165) is 28.4 Å². The highest BCUT2D eigenvalue weighted by molar-refractivity contribution is 7.22. The number of amides is 2. The Kier molecular flexibility index (Phi) is 4.78. The smallest absolute Gasteiger partial charge is 0.325 e. The average molecular weight is 436 g/mol. The van der Waals surface area contributed by atoms with Gasteiger partial charge in [0.25, 0.3) is 0 Å². The summed E-state index contributed by atoms with van der Waals surface area (Å²) >= 11 is 1.47. The number of hydrogen-bond acceptors (Lipinski definition) is 6. The van der Waals surface area contributed by atoms with Gasteiger partial charge in [0.2, 0.25) is 5.75 Å². The molecule has 1 aliphatic rings. The summed E-state index contributed by atoms with van der Waals surface area (Å²) in [6.07, 6.45) is 2.13. The highest BCUT2D eigenvalue weighted by atomic mass is 32.1. The van der Waals surface area contributed by atoms with Crippen molar-refractivity contribution in [3.8, 4) is 17.2 Å². The normalized spacial score (nSPS) is 12.2. The third-order valence-electron chi connectivity index (χ3n) is 5.49. The zero-order valence-corrected chi connectivity index (χ0v) is 18.2. The summed E-state index contributed by atoms with van der Waals surface area (Å²) < 4.78 is 17.1. The molecule has 5 rings (SSSR count). The molecule has 0 radical (unpaired) electrons. The van der Waals surface area contributed by atoms with E-state index in [-0.39, 0.29) is 0 Å². The van der Waals surface area contributed by atoms with Crippen LogP contribution in [0.5, 0.6) is 17.2 Å². The number of anilines is 2. The standard InChI is InChI=1S/C23H21N3O4S/c1-28-16-10-14(11-17(29-2)21(16)30-3)24-22(27)26-23-25-20-15-6-4-5-12-7-8-13(19(12)15)9-18(20)31-23/h4-6,9-11H,7-8H2,1-3H3,(H2,24,25,26,27). The molecule has 0 saturated carbocycles. The van der Waals surface area contributed by atoms with E-state index in [1.54, 1.807) is 12.1 Å². The van der Waals surface area contributed by atoms with Gasteiger partial charge in [0.1, 0.15) is 0 Å². The summed E-state index contributed by atoms with van der Waals surface area (Å²) in [7, 11) is 4.59. The molecule has 0 atom stereocenters. The molecule has 0 spiro atoms. The van der Waals surface area contributed by atoms with E-state index in [1.807, 2.05) is 0 Å². The molecule has 7 nitrogen and oxygen atoms in total. The largest absolute Gasteiger partial charge is 0.493 e. The third-order valence-corrected chi connectivity index (χ3v) is 6.41. The van der Waals surface area contributed by atoms with Crippen molar-refractivity contribution in [1.29, 1.82) is 0 Å². The Morgan fingerprint density at radius 1 is 0.968 bits per heavy atom. The van der Waals surface area contributed by atoms with Gasteiger partial charge in [-0.1, -0.05) is 29.5 Å². The molecule has 2 N–H and O–H groups in total. The Balaban J connectivity index is 1.42. The second-order valence-corrected chi connectivity index (χ2v) is 8.26. The van der Waals surface area contributed by atoms with Crippen LogP contribution < -0.4 is 24.8 Å². The van der Waals surface area contributed by atoms with Gasteiger partial charge in [-0.25, -0.2) is 9.78 Å². The molecule has 1 aliphatic carbocycles. The van der Waals surface area contributed by atoms with Crippen molar-refractivity contribution in [3.63, 3.8) is 0 Å². The molecule has 4 aromatic rings. The van der Waals surface area contributed by atoms with E-state index in [4.69, 9.17) is 19.2 Å². The average Bonchev–Trinajstić information content (AvgIpc) is 3.38. The minimum absolute atomic E-state index is 0.398. The van der Waals surface area contributed by atoms with Crippen molar-refractivity contribution in [1.82, 2.24) is 4.98 Å². The van der Waals surface area contributed by atoms with Crippen LogP contribution in [-0.2, 0) is 12.8 Å². The zero-order valence-electron chi connectivity index (χ0n) is 17.4. The molecule has 0 aliphatic heterocycles. The van der Waals surface area contributed by atoms with Crippen molar-refractivity contribution in [2.75, 3.05) is 32.0 Å². The summed E-state index contributed by atoms with van der Waals surface area (Å²) in [5, 5.41) is 8.66. The molecule has 0 bridgehead atoms. The van der Waals surface area contributed by atoms with Gasteiger partial charge in [-0.05, 0) is 35.4 Å². The summed E-state index contributed by atoms with van der Waals surface area (Å²) in [5.74, 6) is 1.38. The number of urea groups is 1. The van der Waals surface area contributed by atoms with Crippen LogP contribution in [0.15, 0.2) is 36.4 Å². The van der Waals surface area contributed by atoms with Gasteiger partial charge in [-0.3, -0.25) is 5.32 Å². The number of methoxy groups -OCH3 is 3. The molecular weight excluding hydrogens is 414 g/mol. The first kappa shape index (κ1) is 19.4. The maximum atomic E-state index is 12.6. The molecule has 0 unspecified atom stereocenters. The summed E-state index contributed by atoms with van der Waals surface area (Å²) in [6.45, 7) is 0. The van der Waals surface area contributed by atoms with Gasteiger partial charge in [-0.15, -0.1) is 0 Å². The van der Waals surface area contributed by atoms with E-state index in [2.05, 4.69) is 34.9 Å². The lowest BCUT2D eigenvalue weighted by atomic mass is 10.0. The highest BCUT2D eigenvalue weighted by Gasteiger charge is 2.19. The van der Waals surface area contributed by atoms with E-state index >= 15 is 0 Å².